The molecule has 0 aliphatic rings. The summed E-state index contributed by atoms with van der Waals surface area (Å²) in [4.78, 5) is 16.1. The van der Waals surface area contributed by atoms with Crippen LogP contribution in [0.2, 0.25) is 0 Å². The molecule has 5 heteroatoms. The first-order chi connectivity index (χ1) is 10.2. The Labute approximate surface area is 118 Å². The smallest absolute Gasteiger partial charge is 0.364 e. The lowest BCUT2D eigenvalue weighted by molar-refractivity contribution is 0.568. The Morgan fingerprint density at radius 1 is 1.05 bits per heavy atom. The van der Waals surface area contributed by atoms with Crippen LogP contribution in [0.5, 0.6) is 0 Å². The van der Waals surface area contributed by atoms with Gasteiger partial charge < -0.3 is 4.42 Å². The summed E-state index contributed by atoms with van der Waals surface area (Å²) in [5.41, 5.74) is 1.67. The largest absolute Gasteiger partial charge is 0.421 e. The number of halogens is 1. The van der Waals surface area contributed by atoms with Crippen molar-refractivity contribution in [3.05, 3.63) is 71.1 Å². The Balaban J connectivity index is 2.15. The molecule has 4 rings (SSSR count). The second-order valence-corrected chi connectivity index (χ2v) is 4.67. The highest BCUT2D eigenvalue weighted by molar-refractivity contribution is 6.01. The molecule has 2 aromatic heterocycles. The Morgan fingerprint density at radius 2 is 1.81 bits per heavy atom. The van der Waals surface area contributed by atoms with Crippen LogP contribution < -0.4 is 5.63 Å². The molecule has 0 saturated heterocycles. The minimum atomic E-state index is -0.482. The fraction of sp³-hybridized carbons (Fsp3) is 0. The van der Waals surface area contributed by atoms with Crippen molar-refractivity contribution in [2.24, 2.45) is 0 Å². The Kier molecular flexibility index (Phi) is 2.41. The fourth-order valence-electron chi connectivity index (χ4n) is 2.45. The molecular weight excluding hydrogens is 271 g/mol. The monoisotopic (exact) mass is 280 g/mol. The number of aromatic nitrogens is 2. The first-order valence-electron chi connectivity index (χ1n) is 6.39. The van der Waals surface area contributed by atoms with Gasteiger partial charge >= 0.3 is 5.63 Å². The van der Waals surface area contributed by atoms with Crippen LogP contribution in [0.4, 0.5) is 4.39 Å². The molecule has 0 atom stereocenters. The lowest BCUT2D eigenvalue weighted by Crippen LogP contribution is -2.01. The van der Waals surface area contributed by atoms with E-state index in [-0.39, 0.29) is 11.3 Å². The molecule has 21 heavy (non-hydrogen) atoms. The molecule has 0 N–H and O–H groups in total. The van der Waals surface area contributed by atoms with Gasteiger partial charge in [-0.05, 0) is 36.4 Å². The van der Waals surface area contributed by atoms with Gasteiger partial charge in [0.25, 0.3) is 0 Å². The number of para-hydroxylation sites is 1. The number of rotatable bonds is 1. The maximum atomic E-state index is 13.1. The topological polar surface area (TPSA) is 48.0 Å². The van der Waals surface area contributed by atoms with Gasteiger partial charge in [-0.25, -0.2) is 14.2 Å². The highest BCUT2D eigenvalue weighted by atomic mass is 19.1. The highest BCUT2D eigenvalue weighted by Gasteiger charge is 2.13. The number of nitrogens with zero attached hydrogens (tertiary/aromatic N) is 2. The minimum absolute atomic E-state index is 0.262. The zero-order valence-corrected chi connectivity index (χ0v) is 10.8. The van der Waals surface area contributed by atoms with Crippen LogP contribution in [0.15, 0.2) is 64.1 Å². The summed E-state index contributed by atoms with van der Waals surface area (Å²) < 4.78 is 20.1. The number of fused-ring (bicyclic) bond motifs is 3. The van der Waals surface area contributed by atoms with Crippen LogP contribution in [0, 0.1) is 5.82 Å². The van der Waals surface area contributed by atoms with E-state index in [0.717, 1.165) is 11.1 Å². The van der Waals surface area contributed by atoms with E-state index in [1.165, 1.54) is 12.1 Å². The Morgan fingerprint density at radius 3 is 2.62 bits per heavy atom. The van der Waals surface area contributed by atoms with Gasteiger partial charge in [-0.3, -0.25) is 4.57 Å². The molecule has 0 saturated carbocycles. The quantitative estimate of drug-likeness (QED) is 0.503. The van der Waals surface area contributed by atoms with Crippen molar-refractivity contribution in [3.8, 4) is 5.69 Å². The van der Waals surface area contributed by atoms with E-state index in [9.17, 15) is 9.18 Å². The maximum absolute atomic E-state index is 13.1. The summed E-state index contributed by atoms with van der Waals surface area (Å²) in [5.74, 6) is -0.312. The van der Waals surface area contributed by atoms with E-state index in [4.69, 9.17) is 4.42 Å². The Hall–Kier alpha value is -2.95. The molecule has 0 amide bonds. The van der Waals surface area contributed by atoms with Crippen LogP contribution in [0.3, 0.4) is 0 Å². The first-order valence-corrected chi connectivity index (χ1v) is 6.39. The molecule has 0 bridgehead atoms. The molecule has 4 aromatic rings. The second kappa shape index (κ2) is 4.28. The van der Waals surface area contributed by atoms with E-state index in [0.29, 0.717) is 11.1 Å². The standard InChI is InChI=1S/C16H9FN2O2/c17-10-5-7-11(8-6-10)19-9-18-14-15(19)12-3-1-2-4-13(12)21-16(14)20/h1-9H. The lowest BCUT2D eigenvalue weighted by Gasteiger charge is -2.05. The van der Waals surface area contributed by atoms with Crippen molar-refractivity contribution in [1.82, 2.24) is 9.55 Å². The summed E-state index contributed by atoms with van der Waals surface area (Å²) >= 11 is 0. The third-order valence-corrected chi connectivity index (χ3v) is 3.41. The number of imidazole rings is 1. The van der Waals surface area contributed by atoms with Crippen molar-refractivity contribution in [2.45, 2.75) is 0 Å². The Bertz CT molecular complexity index is 1020. The van der Waals surface area contributed by atoms with Crippen LogP contribution in [-0.2, 0) is 0 Å². The first kappa shape index (κ1) is 11.8. The van der Waals surface area contributed by atoms with E-state index >= 15 is 0 Å². The van der Waals surface area contributed by atoms with Crippen molar-refractivity contribution in [1.29, 1.82) is 0 Å². The molecule has 102 valence electrons. The summed E-state index contributed by atoms with van der Waals surface area (Å²) in [6.07, 6.45) is 1.54. The zero-order valence-electron chi connectivity index (χ0n) is 10.8. The third kappa shape index (κ3) is 1.74. The fourth-order valence-corrected chi connectivity index (χ4v) is 2.45. The van der Waals surface area contributed by atoms with Gasteiger partial charge in [0.15, 0.2) is 5.52 Å². The highest BCUT2D eigenvalue weighted by Crippen LogP contribution is 2.24. The average Bonchev–Trinajstić information content (AvgIpc) is 2.94. The lowest BCUT2D eigenvalue weighted by atomic mass is 10.2. The van der Waals surface area contributed by atoms with Crippen LogP contribution in [0.25, 0.3) is 27.7 Å². The van der Waals surface area contributed by atoms with Gasteiger partial charge in [0.2, 0.25) is 0 Å². The molecule has 0 radical (unpaired) electrons. The van der Waals surface area contributed by atoms with E-state index in [1.54, 1.807) is 35.2 Å². The average molecular weight is 280 g/mol. The van der Waals surface area contributed by atoms with Gasteiger partial charge in [-0.1, -0.05) is 12.1 Å². The van der Waals surface area contributed by atoms with E-state index in [1.807, 2.05) is 12.1 Å². The van der Waals surface area contributed by atoms with Gasteiger partial charge in [0, 0.05) is 11.1 Å². The number of benzene rings is 2. The summed E-state index contributed by atoms with van der Waals surface area (Å²) in [5, 5.41) is 0.786. The summed E-state index contributed by atoms with van der Waals surface area (Å²) in [6, 6.07) is 13.3. The van der Waals surface area contributed by atoms with E-state index < -0.39 is 5.63 Å². The second-order valence-electron chi connectivity index (χ2n) is 4.67. The molecule has 0 aliphatic carbocycles. The van der Waals surface area contributed by atoms with Crippen molar-refractivity contribution < 1.29 is 8.81 Å². The normalized spacial score (nSPS) is 11.3. The maximum Gasteiger partial charge on any atom is 0.364 e. The molecule has 0 fully saturated rings. The molecule has 4 nitrogen and oxygen atoms in total. The third-order valence-electron chi connectivity index (χ3n) is 3.41. The SMILES string of the molecule is O=c1oc2ccccc2c2c1ncn2-c1ccc(F)cc1. The molecular formula is C16H9FN2O2. The molecule has 0 aliphatic heterocycles. The van der Waals surface area contributed by atoms with Gasteiger partial charge in [0.1, 0.15) is 17.7 Å². The number of hydrogen-bond acceptors (Lipinski definition) is 3. The molecule has 2 aromatic carbocycles. The number of hydrogen-bond donors (Lipinski definition) is 0. The van der Waals surface area contributed by atoms with Crippen molar-refractivity contribution in [3.63, 3.8) is 0 Å². The summed E-state index contributed by atoms with van der Waals surface area (Å²) in [7, 11) is 0. The van der Waals surface area contributed by atoms with Gasteiger partial charge in [0.05, 0.1) is 5.52 Å². The minimum Gasteiger partial charge on any atom is -0.421 e. The van der Waals surface area contributed by atoms with E-state index in [2.05, 4.69) is 4.98 Å². The molecule has 0 unspecified atom stereocenters. The van der Waals surface area contributed by atoms with Crippen LogP contribution >= 0.6 is 0 Å². The predicted octanol–water partition coefficient (Wildman–Crippen LogP) is 3.27. The zero-order chi connectivity index (χ0) is 14.4. The van der Waals surface area contributed by atoms with Gasteiger partial charge in [-0.15, -0.1) is 0 Å². The molecule has 0 spiro atoms. The van der Waals surface area contributed by atoms with Crippen LogP contribution in [0.1, 0.15) is 0 Å². The molecule has 2 heterocycles. The van der Waals surface area contributed by atoms with Gasteiger partial charge in [-0.2, -0.15) is 0 Å². The van der Waals surface area contributed by atoms with Crippen molar-refractivity contribution in [2.75, 3.05) is 0 Å². The van der Waals surface area contributed by atoms with Crippen molar-refractivity contribution >= 4 is 22.0 Å². The summed E-state index contributed by atoms with van der Waals surface area (Å²) in [6.45, 7) is 0. The predicted molar refractivity (Wildman–Crippen MR) is 77.1 cm³/mol. The van der Waals surface area contributed by atoms with Crippen LogP contribution in [-0.4, -0.2) is 9.55 Å².